The van der Waals surface area contributed by atoms with Crippen LogP contribution in [-0.2, 0) is 4.79 Å². The average molecular weight is 262 g/mol. The highest BCUT2D eigenvalue weighted by Crippen LogP contribution is 2.23. The van der Waals surface area contributed by atoms with Gasteiger partial charge in [-0.05, 0) is 37.5 Å². The van der Waals surface area contributed by atoms with Crippen molar-refractivity contribution in [3.8, 4) is 5.75 Å². The van der Waals surface area contributed by atoms with Gasteiger partial charge in [0.15, 0.2) is 0 Å². The molecule has 0 bridgehead atoms. The Morgan fingerprint density at radius 3 is 3.00 bits per heavy atom. The molecule has 1 aromatic carbocycles. The van der Waals surface area contributed by atoms with Crippen LogP contribution in [0.2, 0.25) is 0 Å². The Morgan fingerprint density at radius 1 is 1.53 bits per heavy atom. The van der Waals surface area contributed by atoms with Gasteiger partial charge in [0.2, 0.25) is 5.91 Å². The minimum Gasteiger partial charge on any atom is -0.497 e. The van der Waals surface area contributed by atoms with E-state index in [2.05, 4.69) is 0 Å². The van der Waals surface area contributed by atoms with Crippen molar-refractivity contribution in [1.82, 2.24) is 4.90 Å². The van der Waals surface area contributed by atoms with Gasteiger partial charge >= 0.3 is 0 Å². The summed E-state index contributed by atoms with van der Waals surface area (Å²) in [4.78, 5) is 14.4. The molecule has 2 N–H and O–H groups in total. The summed E-state index contributed by atoms with van der Waals surface area (Å²) >= 11 is 0. The second-order valence-corrected chi connectivity index (χ2v) is 5.18. The average Bonchev–Trinajstić information content (AvgIpc) is 2.45. The smallest absolute Gasteiger partial charge is 0.229 e. The van der Waals surface area contributed by atoms with Crippen LogP contribution in [0.3, 0.4) is 0 Å². The van der Waals surface area contributed by atoms with E-state index in [4.69, 9.17) is 10.5 Å². The zero-order valence-corrected chi connectivity index (χ0v) is 11.6. The third kappa shape index (κ3) is 3.26. The number of nitrogens with zero attached hydrogens (tertiary/aromatic N) is 1. The molecule has 1 saturated heterocycles. The van der Waals surface area contributed by atoms with Gasteiger partial charge in [0.25, 0.3) is 0 Å². The summed E-state index contributed by atoms with van der Waals surface area (Å²) in [5, 5.41) is 0. The maximum Gasteiger partial charge on any atom is 0.229 e. The number of nitrogens with two attached hydrogens (primary N) is 1. The number of benzene rings is 1. The third-order valence-electron chi connectivity index (χ3n) is 3.73. The van der Waals surface area contributed by atoms with Gasteiger partial charge in [0, 0.05) is 19.1 Å². The molecule has 19 heavy (non-hydrogen) atoms. The topological polar surface area (TPSA) is 55.6 Å². The number of hydrogen-bond donors (Lipinski definition) is 1. The minimum atomic E-state index is -0.152. The Kier molecular flexibility index (Phi) is 4.43. The summed E-state index contributed by atoms with van der Waals surface area (Å²) in [6.07, 6.45) is 2.01. The largest absolute Gasteiger partial charge is 0.497 e. The quantitative estimate of drug-likeness (QED) is 0.903. The van der Waals surface area contributed by atoms with Gasteiger partial charge in [-0.25, -0.2) is 0 Å². The molecule has 4 nitrogen and oxygen atoms in total. The number of ether oxygens (including phenoxy) is 1. The number of carbonyl (C=O) groups excluding carboxylic acids is 1. The molecule has 1 heterocycles. The van der Waals surface area contributed by atoms with Crippen molar-refractivity contribution in [3.05, 3.63) is 29.8 Å². The van der Waals surface area contributed by atoms with Crippen molar-refractivity contribution < 1.29 is 9.53 Å². The first-order valence-electron chi connectivity index (χ1n) is 6.80. The Bertz CT molecular complexity index is 448. The number of methoxy groups -OCH3 is 1. The lowest BCUT2D eigenvalue weighted by molar-refractivity contribution is -0.133. The number of rotatable bonds is 3. The molecule has 0 spiro atoms. The molecule has 2 atom stereocenters. The summed E-state index contributed by atoms with van der Waals surface area (Å²) in [6, 6.07) is 7.81. The summed E-state index contributed by atoms with van der Waals surface area (Å²) in [6.45, 7) is 3.44. The Labute approximate surface area is 114 Å². The molecule has 0 saturated carbocycles. The SMILES string of the molecule is COc1cccc([C@H](C)C(=O)N2CCC[C@H](N)C2)c1. The van der Waals surface area contributed by atoms with Crippen LogP contribution in [0.4, 0.5) is 0 Å². The first-order chi connectivity index (χ1) is 9.11. The lowest BCUT2D eigenvalue weighted by Gasteiger charge is -2.32. The summed E-state index contributed by atoms with van der Waals surface area (Å²) in [5.74, 6) is 0.788. The van der Waals surface area contributed by atoms with E-state index in [0.717, 1.165) is 30.7 Å². The molecule has 0 radical (unpaired) electrons. The molecule has 1 fully saturated rings. The van der Waals surface area contributed by atoms with E-state index in [1.165, 1.54) is 0 Å². The molecule has 4 heteroatoms. The molecule has 0 unspecified atom stereocenters. The molecule has 1 aromatic rings. The summed E-state index contributed by atoms with van der Waals surface area (Å²) in [7, 11) is 1.63. The second-order valence-electron chi connectivity index (χ2n) is 5.18. The third-order valence-corrected chi connectivity index (χ3v) is 3.73. The zero-order valence-electron chi connectivity index (χ0n) is 11.6. The molecule has 0 aromatic heterocycles. The number of carbonyl (C=O) groups is 1. The molecule has 0 aliphatic carbocycles. The van der Waals surface area contributed by atoms with E-state index in [0.29, 0.717) is 6.54 Å². The van der Waals surface area contributed by atoms with Crippen LogP contribution < -0.4 is 10.5 Å². The maximum absolute atomic E-state index is 12.5. The molecular weight excluding hydrogens is 240 g/mol. The lowest BCUT2D eigenvalue weighted by Crippen LogP contribution is -2.47. The highest BCUT2D eigenvalue weighted by Gasteiger charge is 2.26. The van der Waals surface area contributed by atoms with Gasteiger partial charge in [0.05, 0.1) is 13.0 Å². The van der Waals surface area contributed by atoms with E-state index in [-0.39, 0.29) is 17.9 Å². The fourth-order valence-electron chi connectivity index (χ4n) is 2.54. The van der Waals surface area contributed by atoms with Crippen molar-refractivity contribution in [1.29, 1.82) is 0 Å². The molecule has 2 rings (SSSR count). The summed E-state index contributed by atoms with van der Waals surface area (Å²) in [5.41, 5.74) is 6.92. The number of hydrogen-bond acceptors (Lipinski definition) is 3. The first-order valence-corrected chi connectivity index (χ1v) is 6.80. The fourth-order valence-corrected chi connectivity index (χ4v) is 2.54. The van der Waals surface area contributed by atoms with E-state index in [1.54, 1.807) is 7.11 Å². The maximum atomic E-state index is 12.5. The monoisotopic (exact) mass is 262 g/mol. The zero-order chi connectivity index (χ0) is 13.8. The van der Waals surface area contributed by atoms with E-state index in [1.807, 2.05) is 36.1 Å². The highest BCUT2D eigenvalue weighted by atomic mass is 16.5. The van der Waals surface area contributed by atoms with Gasteiger partial charge in [-0.3, -0.25) is 4.79 Å². The van der Waals surface area contributed by atoms with Crippen molar-refractivity contribution >= 4 is 5.91 Å². The van der Waals surface area contributed by atoms with Gasteiger partial charge in [0.1, 0.15) is 5.75 Å². The molecular formula is C15H22N2O2. The van der Waals surface area contributed by atoms with Gasteiger partial charge < -0.3 is 15.4 Å². The van der Waals surface area contributed by atoms with E-state index >= 15 is 0 Å². The van der Waals surface area contributed by atoms with Crippen molar-refractivity contribution in [2.75, 3.05) is 20.2 Å². The molecule has 1 aliphatic rings. The predicted octanol–water partition coefficient (Wildman–Crippen LogP) is 1.75. The van der Waals surface area contributed by atoms with Gasteiger partial charge in [-0.1, -0.05) is 12.1 Å². The number of amides is 1. The van der Waals surface area contributed by atoms with Crippen molar-refractivity contribution in [2.24, 2.45) is 5.73 Å². The lowest BCUT2D eigenvalue weighted by atomic mass is 9.97. The van der Waals surface area contributed by atoms with Crippen molar-refractivity contribution in [3.63, 3.8) is 0 Å². The van der Waals surface area contributed by atoms with Crippen LogP contribution in [0.1, 0.15) is 31.2 Å². The Morgan fingerprint density at radius 2 is 2.32 bits per heavy atom. The van der Waals surface area contributed by atoms with Crippen molar-refractivity contribution in [2.45, 2.75) is 31.7 Å². The van der Waals surface area contributed by atoms with Crippen LogP contribution in [-0.4, -0.2) is 37.0 Å². The second kappa shape index (κ2) is 6.06. The Balaban J connectivity index is 2.09. The number of piperidine rings is 1. The van der Waals surface area contributed by atoms with Crippen LogP contribution in [0.15, 0.2) is 24.3 Å². The van der Waals surface area contributed by atoms with E-state index in [9.17, 15) is 4.79 Å². The van der Waals surface area contributed by atoms with E-state index < -0.39 is 0 Å². The molecule has 1 aliphatic heterocycles. The van der Waals surface area contributed by atoms with Gasteiger partial charge in [-0.2, -0.15) is 0 Å². The van der Waals surface area contributed by atoms with Crippen LogP contribution in [0, 0.1) is 0 Å². The predicted molar refractivity (Wildman–Crippen MR) is 75.2 cm³/mol. The van der Waals surface area contributed by atoms with Gasteiger partial charge in [-0.15, -0.1) is 0 Å². The van der Waals surface area contributed by atoms with Crippen LogP contribution >= 0.6 is 0 Å². The summed E-state index contributed by atoms with van der Waals surface area (Å²) < 4.78 is 5.20. The first kappa shape index (κ1) is 13.9. The molecule has 1 amide bonds. The molecule has 104 valence electrons. The van der Waals surface area contributed by atoms with Crippen LogP contribution in [0.5, 0.6) is 5.75 Å². The number of likely N-dealkylation sites (tertiary alicyclic amines) is 1. The standard InChI is InChI=1S/C15H22N2O2/c1-11(12-5-3-7-14(9-12)19-2)15(18)17-8-4-6-13(16)10-17/h3,5,7,9,11,13H,4,6,8,10,16H2,1-2H3/t11-,13-/m0/s1. The normalized spacial score (nSPS) is 21.0. The highest BCUT2D eigenvalue weighted by molar-refractivity contribution is 5.83. The Hall–Kier alpha value is -1.55. The fraction of sp³-hybridized carbons (Fsp3) is 0.533. The van der Waals surface area contributed by atoms with Crippen LogP contribution in [0.25, 0.3) is 0 Å². The minimum absolute atomic E-state index is 0.121.